The fourth-order valence-corrected chi connectivity index (χ4v) is 4.19. The molecule has 0 bridgehead atoms. The van der Waals surface area contributed by atoms with E-state index in [1.165, 1.54) is 4.90 Å². The number of hydrogen-bond acceptors (Lipinski definition) is 6. The normalized spacial score (nSPS) is 37.1. The van der Waals surface area contributed by atoms with Crippen molar-refractivity contribution in [3.05, 3.63) is 0 Å². The largest absolute Gasteiger partial charge is 0.362 e. The molecule has 11 heteroatoms. The number of nitrogens with zero attached hydrogens (tertiary/aromatic N) is 2. The van der Waals surface area contributed by atoms with Crippen LogP contribution in [0.3, 0.4) is 0 Å². The van der Waals surface area contributed by atoms with Crippen molar-refractivity contribution in [2.24, 2.45) is 0 Å². The van der Waals surface area contributed by atoms with Crippen molar-refractivity contribution in [2.75, 3.05) is 13.1 Å². The van der Waals surface area contributed by atoms with Gasteiger partial charge in [-0.1, -0.05) is 0 Å². The van der Waals surface area contributed by atoms with Crippen molar-refractivity contribution in [1.29, 1.82) is 10.8 Å². The van der Waals surface area contributed by atoms with E-state index in [2.05, 4.69) is 16.0 Å². The van der Waals surface area contributed by atoms with E-state index >= 15 is 0 Å². The molecule has 4 heterocycles. The van der Waals surface area contributed by atoms with Gasteiger partial charge in [-0.15, -0.1) is 0 Å². The van der Waals surface area contributed by atoms with Crippen molar-refractivity contribution < 1.29 is 19.8 Å². The molecule has 0 radical (unpaired) electrons. The highest BCUT2D eigenvalue weighted by molar-refractivity contribution is 6.02. The average Bonchev–Trinajstić information content (AvgIpc) is 3.10. The lowest BCUT2D eigenvalue weighted by Crippen LogP contribution is -2.80. The zero-order valence-electron chi connectivity index (χ0n) is 12.8. The van der Waals surface area contributed by atoms with E-state index in [4.69, 9.17) is 10.8 Å². The summed E-state index contributed by atoms with van der Waals surface area (Å²) in [5, 5.41) is 45.6. The Bertz CT molecular complexity index is 649. The van der Waals surface area contributed by atoms with Crippen molar-refractivity contribution >= 4 is 23.7 Å². The second-order valence-corrected chi connectivity index (χ2v) is 6.60. The number of carbonyl (C=O) groups is 2. The number of likely N-dealkylation sites (tertiary alicyclic amines) is 1. The van der Waals surface area contributed by atoms with Gasteiger partial charge in [-0.3, -0.25) is 25.3 Å². The molecule has 4 saturated heterocycles. The van der Waals surface area contributed by atoms with Crippen LogP contribution in [0.5, 0.6) is 0 Å². The van der Waals surface area contributed by atoms with Gasteiger partial charge in [-0.2, -0.15) is 0 Å². The standard InChI is InChI=1S/C13H19N7O4/c14-10-17-9-6(5-19-7(21)1-2-8(19)22)16-11(15)20-4-3-12(23,24)13(9,20)18-10/h6,9,23-24H,1-5H2,(H2,15,16)(H3,14,17,18)/t6-,9?,13-/m0/s1. The van der Waals surface area contributed by atoms with Crippen LogP contribution in [0.4, 0.5) is 0 Å². The predicted octanol–water partition coefficient (Wildman–Crippen LogP) is -3.38. The summed E-state index contributed by atoms with van der Waals surface area (Å²) in [7, 11) is 0. The van der Waals surface area contributed by atoms with Gasteiger partial charge >= 0.3 is 0 Å². The molecule has 0 aromatic rings. The van der Waals surface area contributed by atoms with Gasteiger partial charge in [0.25, 0.3) is 0 Å². The topological polar surface area (TPSA) is 165 Å². The molecule has 130 valence electrons. The van der Waals surface area contributed by atoms with Crippen LogP contribution in [0.2, 0.25) is 0 Å². The van der Waals surface area contributed by atoms with Gasteiger partial charge in [0.2, 0.25) is 17.6 Å². The smallest absolute Gasteiger partial charge is 0.229 e. The number of nitrogens with one attached hydrogen (secondary N) is 5. The molecule has 7 N–H and O–H groups in total. The number of aliphatic hydroxyl groups is 2. The molecular formula is C13H19N7O4. The van der Waals surface area contributed by atoms with Crippen LogP contribution >= 0.6 is 0 Å². The van der Waals surface area contributed by atoms with Gasteiger partial charge in [0, 0.05) is 25.8 Å². The van der Waals surface area contributed by atoms with Gasteiger partial charge in [0.1, 0.15) is 0 Å². The van der Waals surface area contributed by atoms with E-state index in [9.17, 15) is 19.8 Å². The molecule has 1 unspecified atom stereocenters. The minimum Gasteiger partial charge on any atom is -0.362 e. The lowest BCUT2D eigenvalue weighted by molar-refractivity contribution is -0.223. The Kier molecular flexibility index (Phi) is 2.89. The Morgan fingerprint density at radius 3 is 2.50 bits per heavy atom. The van der Waals surface area contributed by atoms with E-state index in [0.717, 1.165) is 4.90 Å². The maximum atomic E-state index is 11.9. The number of guanidine groups is 2. The summed E-state index contributed by atoms with van der Waals surface area (Å²) in [4.78, 5) is 26.4. The first kappa shape index (κ1) is 15.1. The van der Waals surface area contributed by atoms with Crippen molar-refractivity contribution in [3.63, 3.8) is 0 Å². The fraction of sp³-hybridized carbons (Fsp3) is 0.692. The maximum Gasteiger partial charge on any atom is 0.229 e. The van der Waals surface area contributed by atoms with Gasteiger partial charge < -0.3 is 31.1 Å². The first-order chi connectivity index (χ1) is 11.3. The van der Waals surface area contributed by atoms with Gasteiger partial charge in [-0.05, 0) is 0 Å². The quantitative estimate of drug-likeness (QED) is 0.202. The zero-order valence-corrected chi connectivity index (χ0v) is 12.8. The molecule has 0 saturated carbocycles. The molecule has 24 heavy (non-hydrogen) atoms. The van der Waals surface area contributed by atoms with Crippen LogP contribution < -0.4 is 16.0 Å². The molecule has 0 aromatic heterocycles. The van der Waals surface area contributed by atoms with Crippen LogP contribution in [-0.4, -0.2) is 80.4 Å². The average molecular weight is 337 g/mol. The molecule has 0 aliphatic carbocycles. The van der Waals surface area contributed by atoms with Crippen LogP contribution in [-0.2, 0) is 9.59 Å². The Balaban J connectivity index is 1.70. The molecule has 4 rings (SSSR count). The van der Waals surface area contributed by atoms with E-state index in [1.54, 1.807) is 0 Å². The molecule has 11 nitrogen and oxygen atoms in total. The molecule has 4 aliphatic rings. The van der Waals surface area contributed by atoms with E-state index in [-0.39, 0.29) is 56.1 Å². The summed E-state index contributed by atoms with van der Waals surface area (Å²) in [6.07, 6.45) is 0.330. The highest BCUT2D eigenvalue weighted by atomic mass is 16.5. The SMILES string of the molecule is N=C1NC2[C@H](CN3C(=O)CCC3=O)NC(=N)N3CCC(O)(O)[C@]23N1. The number of imide groups is 1. The van der Waals surface area contributed by atoms with Gasteiger partial charge in [0.15, 0.2) is 17.6 Å². The highest BCUT2D eigenvalue weighted by Crippen LogP contribution is 2.42. The second kappa shape index (κ2) is 4.57. The fourth-order valence-electron chi connectivity index (χ4n) is 4.19. The number of carbonyl (C=O) groups excluding carboxylic acids is 2. The van der Waals surface area contributed by atoms with E-state index in [0.29, 0.717) is 0 Å². The second-order valence-electron chi connectivity index (χ2n) is 6.60. The van der Waals surface area contributed by atoms with Gasteiger partial charge in [-0.25, -0.2) is 0 Å². The Morgan fingerprint density at radius 2 is 1.83 bits per heavy atom. The van der Waals surface area contributed by atoms with Crippen LogP contribution in [0.25, 0.3) is 0 Å². The highest BCUT2D eigenvalue weighted by Gasteiger charge is 2.70. The summed E-state index contributed by atoms with van der Waals surface area (Å²) in [6.45, 7) is 0.226. The molecular weight excluding hydrogens is 318 g/mol. The molecule has 4 aliphatic heterocycles. The predicted molar refractivity (Wildman–Crippen MR) is 79.6 cm³/mol. The van der Waals surface area contributed by atoms with Crippen molar-refractivity contribution in [2.45, 2.75) is 42.8 Å². The third-order valence-electron chi connectivity index (χ3n) is 5.31. The first-order valence-electron chi connectivity index (χ1n) is 7.80. The Morgan fingerprint density at radius 1 is 1.17 bits per heavy atom. The van der Waals surface area contributed by atoms with Crippen molar-refractivity contribution in [1.82, 2.24) is 25.8 Å². The first-order valence-corrected chi connectivity index (χ1v) is 7.80. The summed E-state index contributed by atoms with van der Waals surface area (Å²) < 4.78 is 0. The summed E-state index contributed by atoms with van der Waals surface area (Å²) in [6, 6.07) is -1.34. The number of rotatable bonds is 2. The third-order valence-corrected chi connectivity index (χ3v) is 5.31. The molecule has 3 atom stereocenters. The zero-order chi connectivity index (χ0) is 17.3. The maximum absolute atomic E-state index is 11.9. The van der Waals surface area contributed by atoms with Crippen molar-refractivity contribution in [3.8, 4) is 0 Å². The van der Waals surface area contributed by atoms with Gasteiger partial charge in [0.05, 0.1) is 18.6 Å². The lowest BCUT2D eigenvalue weighted by Gasteiger charge is -2.51. The molecule has 2 amide bonds. The summed E-state index contributed by atoms with van der Waals surface area (Å²) >= 11 is 0. The number of amides is 2. The molecule has 4 fully saturated rings. The monoisotopic (exact) mass is 337 g/mol. The van der Waals surface area contributed by atoms with Crippen LogP contribution in [0, 0.1) is 10.8 Å². The minimum atomic E-state index is -2.17. The summed E-state index contributed by atoms with van der Waals surface area (Å²) in [5.41, 5.74) is -1.48. The Hall–Kier alpha value is -2.40. The molecule has 0 aromatic carbocycles. The number of hydrogen-bond donors (Lipinski definition) is 7. The van der Waals surface area contributed by atoms with Crippen LogP contribution in [0.1, 0.15) is 19.3 Å². The van der Waals surface area contributed by atoms with Crippen LogP contribution in [0.15, 0.2) is 0 Å². The molecule has 1 spiro atoms. The third kappa shape index (κ3) is 1.73. The minimum absolute atomic E-state index is 0.00164. The Labute approximate surface area is 137 Å². The summed E-state index contributed by atoms with van der Waals surface area (Å²) in [5.74, 6) is -2.86. The van der Waals surface area contributed by atoms with E-state index in [1.807, 2.05) is 0 Å². The van der Waals surface area contributed by atoms with E-state index < -0.39 is 23.5 Å². The lowest BCUT2D eigenvalue weighted by atomic mass is 9.85.